The van der Waals surface area contributed by atoms with E-state index in [0.717, 1.165) is 21.3 Å². The van der Waals surface area contributed by atoms with Gasteiger partial charge < -0.3 is 4.57 Å². The topological polar surface area (TPSA) is 34.4 Å². The van der Waals surface area contributed by atoms with Gasteiger partial charge in [-0.3, -0.25) is 4.79 Å². The summed E-state index contributed by atoms with van der Waals surface area (Å²) in [7, 11) is 0. The Labute approximate surface area is 159 Å². The van der Waals surface area contributed by atoms with Gasteiger partial charge in [0.25, 0.3) is 5.91 Å². The molecule has 1 amide bonds. The van der Waals surface area contributed by atoms with Crippen molar-refractivity contribution in [2.75, 3.05) is 0 Å². The lowest BCUT2D eigenvalue weighted by molar-refractivity contribution is -0.117. The zero-order valence-electron chi connectivity index (χ0n) is 13.6. The first kappa shape index (κ1) is 17.9. The van der Waals surface area contributed by atoms with Crippen molar-refractivity contribution in [2.24, 2.45) is 4.99 Å². The van der Waals surface area contributed by atoms with E-state index in [4.69, 9.17) is 23.2 Å². The molecule has 3 aromatic rings. The number of rotatable bonds is 4. The Bertz CT molecular complexity index is 1020. The molecule has 1 heterocycles. The Morgan fingerprint density at radius 2 is 1.88 bits per heavy atom. The predicted octanol–water partition coefficient (Wildman–Crippen LogP) is 5.17. The maximum Gasteiger partial charge on any atom is 0.252 e. The molecular weight excluding hydrogens is 375 g/mol. The van der Waals surface area contributed by atoms with E-state index in [-0.39, 0.29) is 12.3 Å². The van der Waals surface area contributed by atoms with Crippen molar-refractivity contribution in [1.29, 1.82) is 0 Å². The lowest BCUT2D eigenvalue weighted by Crippen LogP contribution is -2.17. The molecule has 6 heteroatoms. The summed E-state index contributed by atoms with van der Waals surface area (Å²) in [5.41, 5.74) is 2.87. The number of thiazole rings is 1. The number of carbonyl (C=O) groups is 1. The van der Waals surface area contributed by atoms with Gasteiger partial charge in [-0.15, -0.1) is 6.58 Å². The van der Waals surface area contributed by atoms with E-state index < -0.39 is 0 Å². The van der Waals surface area contributed by atoms with Gasteiger partial charge in [-0.1, -0.05) is 70.4 Å². The minimum absolute atomic E-state index is 0.208. The molecule has 0 bridgehead atoms. The van der Waals surface area contributed by atoms with Gasteiger partial charge in [-0.25, -0.2) is 0 Å². The highest BCUT2D eigenvalue weighted by molar-refractivity contribution is 7.17. The number of carbonyl (C=O) groups excluding carboxylic acids is 1. The Balaban J connectivity index is 2.05. The van der Waals surface area contributed by atoms with E-state index in [1.54, 1.807) is 18.2 Å². The Morgan fingerprint density at radius 3 is 2.56 bits per heavy atom. The zero-order valence-corrected chi connectivity index (χ0v) is 16.0. The molecule has 0 saturated heterocycles. The molecule has 1 aromatic heterocycles. The third-order valence-corrected chi connectivity index (χ3v) is 5.58. The zero-order chi connectivity index (χ0) is 18.0. The molecule has 0 aliphatic carbocycles. The Hall–Kier alpha value is -1.88. The van der Waals surface area contributed by atoms with Crippen LogP contribution >= 0.6 is 34.5 Å². The standard InChI is InChI=1S/C19H16Cl2N2OS/c1-3-10-23-17-14(20)8-9-15(21)18(17)25-19(23)22-16(24)11-13-6-4-12(2)5-7-13/h3-9H,1,10-11H2,2H3. The fraction of sp³-hybridized carbons (Fsp3) is 0.158. The number of allylic oxidation sites excluding steroid dienone is 1. The highest BCUT2D eigenvalue weighted by Crippen LogP contribution is 2.31. The van der Waals surface area contributed by atoms with Crippen LogP contribution in [0.15, 0.2) is 54.0 Å². The first-order valence-electron chi connectivity index (χ1n) is 7.71. The van der Waals surface area contributed by atoms with Crippen LogP contribution in [0, 0.1) is 6.92 Å². The summed E-state index contributed by atoms with van der Waals surface area (Å²) in [6.45, 7) is 6.28. The number of hydrogen-bond donors (Lipinski definition) is 0. The normalized spacial score (nSPS) is 11.9. The van der Waals surface area contributed by atoms with Gasteiger partial charge in [-0.2, -0.15) is 4.99 Å². The molecule has 3 rings (SSSR count). The van der Waals surface area contributed by atoms with Crippen molar-refractivity contribution < 1.29 is 4.79 Å². The highest BCUT2D eigenvalue weighted by atomic mass is 35.5. The first-order chi connectivity index (χ1) is 12.0. The van der Waals surface area contributed by atoms with Crippen LogP contribution in [0.4, 0.5) is 0 Å². The molecule has 0 spiro atoms. The molecule has 0 unspecified atom stereocenters. The molecule has 0 radical (unpaired) electrons. The molecule has 0 aliphatic rings. The number of halogens is 2. The molecule has 0 fully saturated rings. The highest BCUT2D eigenvalue weighted by Gasteiger charge is 2.13. The largest absolute Gasteiger partial charge is 0.311 e. The van der Waals surface area contributed by atoms with Gasteiger partial charge in [0.15, 0.2) is 4.80 Å². The van der Waals surface area contributed by atoms with Gasteiger partial charge in [-0.05, 0) is 24.6 Å². The minimum Gasteiger partial charge on any atom is -0.311 e. The molecule has 0 N–H and O–H groups in total. The second kappa shape index (κ2) is 7.56. The van der Waals surface area contributed by atoms with Crippen molar-refractivity contribution in [1.82, 2.24) is 4.57 Å². The van der Waals surface area contributed by atoms with E-state index in [9.17, 15) is 4.79 Å². The number of fused-ring (bicyclic) bond motifs is 1. The summed E-state index contributed by atoms with van der Waals surface area (Å²) in [6.07, 6.45) is 2.00. The summed E-state index contributed by atoms with van der Waals surface area (Å²) < 4.78 is 2.69. The number of benzene rings is 2. The number of aromatic nitrogens is 1. The Kier molecular flexibility index (Phi) is 5.42. The average Bonchev–Trinajstić information content (AvgIpc) is 2.93. The number of nitrogens with zero attached hydrogens (tertiary/aromatic N) is 2. The summed E-state index contributed by atoms with van der Waals surface area (Å²) in [4.78, 5) is 17.3. The van der Waals surface area contributed by atoms with E-state index in [1.165, 1.54) is 11.3 Å². The SMILES string of the molecule is C=CCn1c(=NC(=O)Cc2ccc(C)cc2)sc2c(Cl)ccc(Cl)c21. The van der Waals surface area contributed by atoms with Crippen LogP contribution < -0.4 is 4.80 Å². The molecule has 0 saturated carbocycles. The molecular formula is C19H16Cl2N2OS. The summed E-state index contributed by atoms with van der Waals surface area (Å²) in [5, 5.41) is 1.17. The molecule has 2 aromatic carbocycles. The summed E-state index contributed by atoms with van der Waals surface area (Å²) in [5.74, 6) is -0.208. The fourth-order valence-corrected chi connectivity index (χ4v) is 4.19. The van der Waals surface area contributed by atoms with Gasteiger partial charge in [0.1, 0.15) is 0 Å². The van der Waals surface area contributed by atoms with Gasteiger partial charge in [0, 0.05) is 6.54 Å². The number of aryl methyl sites for hydroxylation is 1. The second-order valence-corrected chi connectivity index (χ2v) is 7.45. The average molecular weight is 391 g/mol. The van der Waals surface area contributed by atoms with E-state index >= 15 is 0 Å². The monoisotopic (exact) mass is 390 g/mol. The van der Waals surface area contributed by atoms with Crippen molar-refractivity contribution in [3.63, 3.8) is 0 Å². The molecule has 3 nitrogen and oxygen atoms in total. The Morgan fingerprint density at radius 1 is 1.20 bits per heavy atom. The lowest BCUT2D eigenvalue weighted by atomic mass is 10.1. The van der Waals surface area contributed by atoms with E-state index in [1.807, 2.05) is 35.8 Å². The van der Waals surface area contributed by atoms with Crippen LogP contribution in [-0.4, -0.2) is 10.5 Å². The second-order valence-electron chi connectivity index (χ2n) is 5.66. The van der Waals surface area contributed by atoms with Crippen LogP contribution in [0.25, 0.3) is 10.2 Å². The van der Waals surface area contributed by atoms with Gasteiger partial charge >= 0.3 is 0 Å². The van der Waals surface area contributed by atoms with Crippen LogP contribution in [0.3, 0.4) is 0 Å². The van der Waals surface area contributed by atoms with Crippen LogP contribution in [0.1, 0.15) is 11.1 Å². The molecule has 128 valence electrons. The third-order valence-electron chi connectivity index (χ3n) is 3.74. The first-order valence-corrected chi connectivity index (χ1v) is 9.28. The lowest BCUT2D eigenvalue weighted by Gasteiger charge is -2.03. The maximum atomic E-state index is 12.4. The predicted molar refractivity (Wildman–Crippen MR) is 105 cm³/mol. The van der Waals surface area contributed by atoms with E-state index in [2.05, 4.69) is 11.6 Å². The maximum absolute atomic E-state index is 12.4. The smallest absolute Gasteiger partial charge is 0.252 e. The van der Waals surface area contributed by atoms with Crippen molar-refractivity contribution in [3.8, 4) is 0 Å². The van der Waals surface area contributed by atoms with Gasteiger partial charge in [0.2, 0.25) is 0 Å². The molecule has 25 heavy (non-hydrogen) atoms. The van der Waals surface area contributed by atoms with Crippen molar-refractivity contribution in [3.05, 3.63) is 75.0 Å². The fourth-order valence-electron chi connectivity index (χ4n) is 2.52. The summed E-state index contributed by atoms with van der Waals surface area (Å²) >= 11 is 14.0. The number of amides is 1. The number of hydrogen-bond acceptors (Lipinski definition) is 2. The third kappa shape index (κ3) is 3.87. The summed E-state index contributed by atoms with van der Waals surface area (Å²) in [6, 6.07) is 11.4. The van der Waals surface area contributed by atoms with Gasteiger partial charge in [0.05, 0.1) is 26.7 Å². The van der Waals surface area contributed by atoms with Crippen molar-refractivity contribution >= 4 is 50.7 Å². The van der Waals surface area contributed by atoms with Crippen LogP contribution in [0.5, 0.6) is 0 Å². The minimum atomic E-state index is -0.208. The van der Waals surface area contributed by atoms with Crippen molar-refractivity contribution in [2.45, 2.75) is 19.9 Å². The van der Waals surface area contributed by atoms with Crippen LogP contribution in [-0.2, 0) is 17.8 Å². The van der Waals surface area contributed by atoms with Crippen LogP contribution in [0.2, 0.25) is 10.0 Å². The quantitative estimate of drug-likeness (QED) is 0.565. The molecule has 0 atom stereocenters. The van der Waals surface area contributed by atoms with E-state index in [0.29, 0.717) is 21.4 Å². The molecule has 0 aliphatic heterocycles.